The van der Waals surface area contributed by atoms with Crippen LogP contribution in [0.3, 0.4) is 0 Å². The van der Waals surface area contributed by atoms with Crippen molar-refractivity contribution in [3.05, 3.63) is 53.7 Å². The first-order valence-corrected chi connectivity index (χ1v) is 10.7. The van der Waals surface area contributed by atoms with Gasteiger partial charge in [0, 0.05) is 18.0 Å². The molecule has 1 atom stereocenters. The Morgan fingerprint density at radius 1 is 1.26 bits per heavy atom. The monoisotopic (exact) mass is 450 g/mol. The Kier molecular flexibility index (Phi) is 6.10. The van der Waals surface area contributed by atoms with Crippen molar-refractivity contribution in [3.63, 3.8) is 0 Å². The van der Waals surface area contributed by atoms with Crippen LogP contribution in [-0.2, 0) is 12.6 Å². The summed E-state index contributed by atoms with van der Waals surface area (Å²) in [6.45, 7) is 4.10. The van der Waals surface area contributed by atoms with Crippen molar-refractivity contribution in [1.82, 2.24) is 14.3 Å². The molecule has 6 nitrogen and oxygen atoms in total. The molecule has 3 heterocycles. The smallest absolute Gasteiger partial charge is 0.417 e. The maximum atomic E-state index is 13.8. The quantitative estimate of drug-likeness (QED) is 0.566. The second kappa shape index (κ2) is 8.80. The Bertz CT molecular complexity index is 1040. The number of benzene rings is 1. The molecule has 0 bridgehead atoms. The fourth-order valence-corrected chi connectivity index (χ4v) is 4.49. The van der Waals surface area contributed by atoms with Crippen molar-refractivity contribution < 1.29 is 22.4 Å². The Morgan fingerprint density at radius 2 is 2.03 bits per heavy atom. The number of anilines is 1. The van der Waals surface area contributed by atoms with E-state index in [2.05, 4.69) is 26.5 Å². The molecule has 1 aliphatic heterocycles. The van der Waals surface area contributed by atoms with Crippen LogP contribution < -0.4 is 5.32 Å². The largest absolute Gasteiger partial charge is 0.459 e. The van der Waals surface area contributed by atoms with E-state index < -0.39 is 17.6 Å². The number of hydrogen-bond acceptors (Lipinski definition) is 6. The van der Waals surface area contributed by atoms with E-state index in [0.29, 0.717) is 12.2 Å². The summed E-state index contributed by atoms with van der Waals surface area (Å²) in [5.74, 6) is -0.140. The van der Waals surface area contributed by atoms with E-state index in [1.165, 1.54) is 30.5 Å². The molecule has 0 radical (unpaired) electrons. The average Bonchev–Trinajstić information content (AvgIpc) is 3.48. The van der Waals surface area contributed by atoms with Crippen LogP contribution in [0.15, 0.2) is 41.0 Å². The van der Waals surface area contributed by atoms with E-state index in [0.717, 1.165) is 43.5 Å². The Morgan fingerprint density at radius 3 is 2.71 bits per heavy atom. The Hall–Kier alpha value is -2.72. The SMILES string of the molecule is CC(Cc1nsc(-c2c(NC(=O)c3ccco3)cccc2C(F)(F)F)n1)N1CCCC1. The van der Waals surface area contributed by atoms with Crippen molar-refractivity contribution in [2.24, 2.45) is 0 Å². The van der Waals surface area contributed by atoms with Crippen molar-refractivity contribution in [1.29, 1.82) is 0 Å². The molecule has 1 N–H and O–H groups in total. The van der Waals surface area contributed by atoms with Gasteiger partial charge in [0.15, 0.2) is 5.76 Å². The predicted octanol–water partition coefficient (Wildman–Crippen LogP) is 5.10. The summed E-state index contributed by atoms with van der Waals surface area (Å²) in [6, 6.07) is 6.82. The maximum Gasteiger partial charge on any atom is 0.417 e. The van der Waals surface area contributed by atoms with Crippen LogP contribution in [-0.4, -0.2) is 39.3 Å². The summed E-state index contributed by atoms with van der Waals surface area (Å²) in [5, 5.41) is 2.63. The lowest BCUT2D eigenvalue weighted by atomic mass is 10.0. The molecule has 3 aromatic rings. The van der Waals surface area contributed by atoms with Gasteiger partial charge in [-0.05, 0) is 68.7 Å². The van der Waals surface area contributed by atoms with Gasteiger partial charge in [-0.2, -0.15) is 17.5 Å². The van der Waals surface area contributed by atoms with Gasteiger partial charge < -0.3 is 14.6 Å². The standard InChI is InChI=1S/C21H21F3N4O2S/c1-13(28-9-2-3-10-28)12-17-26-20(31-27-17)18-14(21(22,23)24)6-4-7-15(18)25-19(29)16-8-5-11-30-16/h4-8,11,13H,2-3,9-10,12H2,1H3,(H,25,29). The lowest BCUT2D eigenvalue weighted by Gasteiger charge is -2.22. The summed E-state index contributed by atoms with van der Waals surface area (Å²) in [7, 11) is 0. The van der Waals surface area contributed by atoms with E-state index in [1.807, 2.05) is 0 Å². The highest BCUT2D eigenvalue weighted by atomic mass is 32.1. The molecule has 1 fully saturated rings. The lowest BCUT2D eigenvalue weighted by molar-refractivity contribution is -0.137. The minimum atomic E-state index is -4.62. The minimum absolute atomic E-state index is 0.000697. The van der Waals surface area contributed by atoms with Gasteiger partial charge in [-0.25, -0.2) is 4.98 Å². The van der Waals surface area contributed by atoms with Gasteiger partial charge in [0.25, 0.3) is 5.91 Å². The van der Waals surface area contributed by atoms with E-state index in [4.69, 9.17) is 4.42 Å². The normalized spacial score (nSPS) is 15.9. The van der Waals surface area contributed by atoms with Gasteiger partial charge in [-0.3, -0.25) is 4.79 Å². The number of amides is 1. The number of carbonyl (C=O) groups excluding carboxylic acids is 1. The third kappa shape index (κ3) is 4.80. The van der Waals surface area contributed by atoms with Crippen LogP contribution in [0.1, 0.15) is 41.7 Å². The van der Waals surface area contributed by atoms with Crippen molar-refractivity contribution in [2.45, 2.75) is 38.4 Å². The molecular weight excluding hydrogens is 429 g/mol. The van der Waals surface area contributed by atoms with E-state index in [-0.39, 0.29) is 28.1 Å². The molecule has 0 saturated carbocycles. The number of nitrogens with zero attached hydrogens (tertiary/aromatic N) is 3. The topological polar surface area (TPSA) is 71.3 Å². The molecule has 2 aromatic heterocycles. The first-order chi connectivity index (χ1) is 14.8. The molecule has 1 unspecified atom stereocenters. The van der Waals surface area contributed by atoms with Crippen molar-refractivity contribution >= 4 is 23.1 Å². The lowest BCUT2D eigenvalue weighted by Crippen LogP contribution is -2.32. The molecule has 1 amide bonds. The zero-order valence-corrected chi connectivity index (χ0v) is 17.6. The van der Waals surface area contributed by atoms with Gasteiger partial charge in [-0.15, -0.1) is 0 Å². The first kappa shape index (κ1) is 21.5. The van der Waals surface area contributed by atoms with Crippen molar-refractivity contribution in [3.8, 4) is 10.6 Å². The van der Waals surface area contributed by atoms with E-state index >= 15 is 0 Å². The minimum Gasteiger partial charge on any atom is -0.459 e. The number of rotatable bonds is 6. The third-order valence-electron chi connectivity index (χ3n) is 5.29. The molecule has 10 heteroatoms. The Balaban J connectivity index is 1.66. The van der Waals surface area contributed by atoms with Crippen LogP contribution in [0.2, 0.25) is 0 Å². The highest BCUT2D eigenvalue weighted by Gasteiger charge is 2.36. The highest BCUT2D eigenvalue weighted by molar-refractivity contribution is 7.09. The summed E-state index contributed by atoms with van der Waals surface area (Å²) in [6.07, 6.45) is -0.440. The zero-order chi connectivity index (χ0) is 22.0. The first-order valence-electron chi connectivity index (χ1n) is 9.95. The zero-order valence-electron chi connectivity index (χ0n) is 16.8. The number of halogens is 3. The molecular formula is C21H21F3N4O2S. The number of hydrogen-bond donors (Lipinski definition) is 1. The van der Waals surface area contributed by atoms with Gasteiger partial charge >= 0.3 is 6.18 Å². The summed E-state index contributed by atoms with van der Waals surface area (Å²) in [5.41, 5.74) is -1.06. The Labute approximate surface area is 181 Å². The summed E-state index contributed by atoms with van der Waals surface area (Å²) < 4.78 is 50.6. The molecule has 1 aliphatic rings. The van der Waals surface area contributed by atoms with Gasteiger partial charge in [0.2, 0.25) is 0 Å². The third-order valence-corrected chi connectivity index (χ3v) is 6.06. The molecule has 1 saturated heterocycles. The molecule has 1 aromatic carbocycles. The number of likely N-dealkylation sites (tertiary alicyclic amines) is 1. The number of carbonyl (C=O) groups is 1. The number of aromatic nitrogens is 2. The fraction of sp³-hybridized carbons (Fsp3) is 0.381. The molecule has 0 spiro atoms. The molecule has 0 aliphatic carbocycles. The summed E-state index contributed by atoms with van der Waals surface area (Å²) in [4.78, 5) is 19.1. The maximum absolute atomic E-state index is 13.8. The number of alkyl halides is 3. The van der Waals surface area contributed by atoms with E-state index in [9.17, 15) is 18.0 Å². The fourth-order valence-electron chi connectivity index (χ4n) is 3.73. The number of furan rings is 1. The molecule has 31 heavy (non-hydrogen) atoms. The summed E-state index contributed by atoms with van der Waals surface area (Å²) >= 11 is 0.902. The van der Waals surface area contributed by atoms with Crippen LogP contribution >= 0.6 is 11.5 Å². The molecule has 164 valence electrons. The van der Waals surface area contributed by atoms with E-state index in [1.54, 1.807) is 0 Å². The van der Waals surface area contributed by atoms with Gasteiger partial charge in [-0.1, -0.05) is 6.07 Å². The predicted molar refractivity (Wildman–Crippen MR) is 111 cm³/mol. The number of nitrogens with one attached hydrogen (secondary N) is 1. The van der Waals surface area contributed by atoms with Gasteiger partial charge in [0.1, 0.15) is 10.8 Å². The molecule has 4 rings (SSSR count). The van der Waals surface area contributed by atoms with Crippen LogP contribution in [0.4, 0.5) is 18.9 Å². The van der Waals surface area contributed by atoms with Crippen LogP contribution in [0, 0.1) is 0 Å². The highest BCUT2D eigenvalue weighted by Crippen LogP contribution is 2.42. The average molecular weight is 450 g/mol. The van der Waals surface area contributed by atoms with Gasteiger partial charge in [0.05, 0.1) is 17.5 Å². The van der Waals surface area contributed by atoms with Crippen LogP contribution in [0.25, 0.3) is 10.6 Å². The van der Waals surface area contributed by atoms with Crippen LogP contribution in [0.5, 0.6) is 0 Å². The van der Waals surface area contributed by atoms with Crippen molar-refractivity contribution in [2.75, 3.05) is 18.4 Å². The second-order valence-electron chi connectivity index (χ2n) is 7.47. The second-order valence-corrected chi connectivity index (χ2v) is 8.22.